The summed E-state index contributed by atoms with van der Waals surface area (Å²) >= 11 is 1.66. The first-order valence-electron chi connectivity index (χ1n) is 13.1. The summed E-state index contributed by atoms with van der Waals surface area (Å²) in [5, 5.41) is 0. The van der Waals surface area contributed by atoms with Gasteiger partial charge in [-0.15, -0.1) is 11.8 Å². The van der Waals surface area contributed by atoms with Crippen LogP contribution < -0.4 is 0 Å². The summed E-state index contributed by atoms with van der Waals surface area (Å²) in [4.78, 5) is 27.0. The minimum Gasteiger partial charge on any atom is -0.460 e. The number of carbonyl (C=O) groups excluding carboxylic acids is 2. The molecule has 1 unspecified atom stereocenters. The van der Waals surface area contributed by atoms with Crippen molar-refractivity contribution in [2.75, 3.05) is 11.5 Å². The van der Waals surface area contributed by atoms with Gasteiger partial charge in [-0.1, -0.05) is 60.7 Å². The summed E-state index contributed by atoms with van der Waals surface area (Å²) in [5.74, 6) is 0.639. The van der Waals surface area contributed by atoms with Gasteiger partial charge in [-0.3, -0.25) is 13.8 Å². The molecule has 0 amide bonds. The minimum absolute atomic E-state index is 0.204. The van der Waals surface area contributed by atoms with Crippen molar-refractivity contribution in [1.29, 1.82) is 0 Å². The monoisotopic (exact) mass is 566 g/mol. The maximum absolute atomic E-state index is 12.9. The molecule has 3 aromatic rings. The van der Waals surface area contributed by atoms with Gasteiger partial charge in [0.15, 0.2) is 0 Å². The SMILES string of the molecule is CC(C)(CCSc1ccc(S(=O)CCC(C)(C)C(=O)OCc2ccccc2)cc1)C(=O)OCc1ccccc1. The standard InChI is InChI=1S/C32H38O5S2/c1-31(2,29(33)36-23-25-11-7-5-8-12-25)19-21-38-27-15-17-28(18-16-27)39(35)22-20-32(3,4)30(34)37-24-26-13-9-6-10-14-26/h5-18H,19-24H2,1-4H3. The lowest BCUT2D eigenvalue weighted by molar-refractivity contribution is -0.156. The van der Waals surface area contributed by atoms with Crippen LogP contribution in [0.1, 0.15) is 51.7 Å². The number of rotatable bonds is 14. The van der Waals surface area contributed by atoms with E-state index in [0.29, 0.717) is 18.6 Å². The van der Waals surface area contributed by atoms with Gasteiger partial charge >= 0.3 is 11.9 Å². The van der Waals surface area contributed by atoms with E-state index in [1.165, 1.54) is 0 Å². The zero-order valence-corrected chi connectivity index (χ0v) is 24.8. The molecule has 0 aliphatic heterocycles. The molecule has 3 aromatic carbocycles. The third-order valence-corrected chi connectivity index (χ3v) is 8.91. The highest BCUT2D eigenvalue weighted by atomic mass is 32.2. The summed E-state index contributed by atoms with van der Waals surface area (Å²) in [6.45, 7) is 7.99. The molecule has 0 N–H and O–H groups in total. The Labute approximate surface area is 239 Å². The first-order valence-corrected chi connectivity index (χ1v) is 15.4. The van der Waals surface area contributed by atoms with Gasteiger partial charge < -0.3 is 9.47 Å². The Morgan fingerprint density at radius 3 is 1.64 bits per heavy atom. The van der Waals surface area contributed by atoms with E-state index in [1.807, 2.05) is 113 Å². The van der Waals surface area contributed by atoms with Gasteiger partial charge in [-0.25, -0.2) is 0 Å². The fourth-order valence-electron chi connectivity index (χ4n) is 3.62. The maximum atomic E-state index is 12.9. The topological polar surface area (TPSA) is 69.7 Å². The van der Waals surface area contributed by atoms with Crippen LogP contribution in [-0.2, 0) is 43.1 Å². The van der Waals surface area contributed by atoms with Gasteiger partial charge in [0, 0.05) is 15.5 Å². The number of thioether (sulfide) groups is 1. The number of hydrogen-bond acceptors (Lipinski definition) is 6. The Kier molecular flexibility index (Phi) is 11.4. The number of esters is 2. The van der Waals surface area contributed by atoms with Crippen molar-refractivity contribution >= 4 is 34.5 Å². The molecule has 0 bridgehead atoms. The number of carbonyl (C=O) groups is 2. The van der Waals surface area contributed by atoms with Gasteiger partial charge in [0.25, 0.3) is 0 Å². The van der Waals surface area contributed by atoms with Crippen molar-refractivity contribution in [3.8, 4) is 0 Å². The normalized spacial score (nSPS) is 12.5. The van der Waals surface area contributed by atoms with Crippen molar-refractivity contribution in [3.05, 3.63) is 96.1 Å². The zero-order chi connectivity index (χ0) is 28.3. The molecular weight excluding hydrogens is 528 g/mol. The van der Waals surface area contributed by atoms with Gasteiger partial charge in [-0.05, 0) is 81.7 Å². The van der Waals surface area contributed by atoms with Crippen molar-refractivity contribution in [2.45, 2.75) is 63.5 Å². The molecule has 0 saturated carbocycles. The van der Waals surface area contributed by atoms with Crippen LogP contribution in [0.2, 0.25) is 0 Å². The molecule has 7 heteroatoms. The Morgan fingerprint density at radius 2 is 1.15 bits per heavy atom. The predicted molar refractivity (Wildman–Crippen MR) is 158 cm³/mol. The molecule has 0 spiro atoms. The summed E-state index contributed by atoms with van der Waals surface area (Å²) < 4.78 is 23.9. The summed E-state index contributed by atoms with van der Waals surface area (Å²) in [7, 11) is -1.22. The Bertz CT molecular complexity index is 1220. The number of benzene rings is 3. The predicted octanol–water partition coefficient (Wildman–Crippen LogP) is 7.21. The van der Waals surface area contributed by atoms with Crippen LogP contribution >= 0.6 is 11.8 Å². The molecule has 1 atom stereocenters. The molecule has 0 saturated heterocycles. The molecule has 0 aliphatic rings. The highest BCUT2D eigenvalue weighted by Crippen LogP contribution is 2.29. The average Bonchev–Trinajstić information content (AvgIpc) is 2.94. The van der Waals surface area contributed by atoms with Crippen molar-refractivity contribution in [3.63, 3.8) is 0 Å². The van der Waals surface area contributed by atoms with E-state index in [9.17, 15) is 13.8 Å². The van der Waals surface area contributed by atoms with Crippen LogP contribution in [0.15, 0.2) is 94.7 Å². The van der Waals surface area contributed by atoms with Crippen molar-refractivity contribution in [2.24, 2.45) is 10.8 Å². The molecule has 0 aliphatic carbocycles. The molecule has 39 heavy (non-hydrogen) atoms. The second kappa shape index (κ2) is 14.5. The summed E-state index contributed by atoms with van der Waals surface area (Å²) in [6.07, 6.45) is 1.13. The van der Waals surface area contributed by atoms with Crippen LogP contribution in [-0.4, -0.2) is 27.7 Å². The van der Waals surface area contributed by atoms with Gasteiger partial charge in [-0.2, -0.15) is 0 Å². The molecule has 0 fully saturated rings. The molecule has 3 rings (SSSR count). The van der Waals surface area contributed by atoms with Gasteiger partial charge in [0.2, 0.25) is 0 Å². The maximum Gasteiger partial charge on any atom is 0.311 e. The first-order chi connectivity index (χ1) is 18.6. The minimum atomic E-state index is -1.22. The largest absolute Gasteiger partial charge is 0.460 e. The lowest BCUT2D eigenvalue weighted by Crippen LogP contribution is -2.28. The van der Waals surface area contributed by atoms with Crippen LogP contribution in [0, 0.1) is 10.8 Å². The Morgan fingerprint density at radius 1 is 0.692 bits per heavy atom. The Hall–Kier alpha value is -2.90. The van der Waals surface area contributed by atoms with E-state index in [0.717, 1.165) is 26.7 Å². The lowest BCUT2D eigenvalue weighted by atomic mass is 9.90. The average molecular weight is 567 g/mol. The van der Waals surface area contributed by atoms with E-state index in [4.69, 9.17) is 9.47 Å². The zero-order valence-electron chi connectivity index (χ0n) is 23.2. The highest BCUT2D eigenvalue weighted by Gasteiger charge is 2.30. The fourth-order valence-corrected chi connectivity index (χ4v) is 6.17. The second-order valence-electron chi connectivity index (χ2n) is 10.8. The van der Waals surface area contributed by atoms with Gasteiger partial charge in [0.05, 0.1) is 21.6 Å². The summed E-state index contributed by atoms with van der Waals surface area (Å²) in [6, 6.07) is 26.9. The van der Waals surface area contributed by atoms with Crippen molar-refractivity contribution < 1.29 is 23.3 Å². The third-order valence-electron chi connectivity index (χ3n) is 6.53. The molecule has 208 valence electrons. The fraction of sp³-hybridized carbons (Fsp3) is 0.375. The lowest BCUT2D eigenvalue weighted by Gasteiger charge is -2.22. The molecule has 0 heterocycles. The molecule has 0 radical (unpaired) electrons. The second-order valence-corrected chi connectivity index (χ2v) is 13.5. The van der Waals surface area contributed by atoms with Crippen LogP contribution in [0.4, 0.5) is 0 Å². The molecular formula is C32H38O5S2. The number of hydrogen-bond donors (Lipinski definition) is 0. The van der Waals surface area contributed by atoms with E-state index in [2.05, 4.69) is 0 Å². The van der Waals surface area contributed by atoms with Crippen LogP contribution in [0.5, 0.6) is 0 Å². The van der Waals surface area contributed by atoms with Crippen LogP contribution in [0.25, 0.3) is 0 Å². The molecule has 0 aromatic heterocycles. The smallest absolute Gasteiger partial charge is 0.311 e. The molecule has 5 nitrogen and oxygen atoms in total. The summed E-state index contributed by atoms with van der Waals surface area (Å²) in [5.41, 5.74) is 0.600. The van der Waals surface area contributed by atoms with E-state index in [1.54, 1.807) is 11.8 Å². The quantitative estimate of drug-likeness (QED) is 0.152. The van der Waals surface area contributed by atoms with Crippen molar-refractivity contribution in [1.82, 2.24) is 0 Å². The Balaban J connectivity index is 1.40. The first kappa shape index (κ1) is 30.6. The third kappa shape index (κ3) is 9.97. The van der Waals surface area contributed by atoms with E-state index >= 15 is 0 Å². The highest BCUT2D eigenvalue weighted by molar-refractivity contribution is 7.99. The van der Waals surface area contributed by atoms with E-state index in [-0.39, 0.29) is 25.2 Å². The number of ether oxygens (including phenoxy) is 2. The van der Waals surface area contributed by atoms with Crippen LogP contribution in [0.3, 0.4) is 0 Å². The van der Waals surface area contributed by atoms with Gasteiger partial charge in [0.1, 0.15) is 13.2 Å². The van der Waals surface area contributed by atoms with E-state index < -0.39 is 21.6 Å².